The van der Waals surface area contributed by atoms with Gasteiger partial charge in [-0.2, -0.15) is 0 Å². The number of hydroxylamine groups is 1. The molecule has 0 bridgehead atoms. The van der Waals surface area contributed by atoms with Crippen LogP contribution in [0, 0.1) is 17.8 Å². The fourth-order valence-electron chi connectivity index (χ4n) is 5.07. The second-order valence-corrected chi connectivity index (χ2v) is 11.8. The number of carbonyl (C=O) groups excluding carboxylic acids is 3. The van der Waals surface area contributed by atoms with Gasteiger partial charge in [0, 0.05) is 19.6 Å². The Bertz CT molecular complexity index is 947. The topological polar surface area (TPSA) is 123 Å². The molecule has 1 saturated heterocycles. The molecule has 0 radical (unpaired) electrons. The number of rotatable bonds is 18. The maximum Gasteiger partial charge on any atom is 0.257 e. The molecule has 0 aromatic heterocycles. The maximum atomic E-state index is 13.9. The normalized spacial score (nSPS) is 17.5. The minimum absolute atomic E-state index is 0.132. The quantitative estimate of drug-likeness (QED) is 0.154. The summed E-state index contributed by atoms with van der Waals surface area (Å²) in [6, 6.07) is 9.04. The Morgan fingerprint density at radius 2 is 1.74 bits per heavy atom. The van der Waals surface area contributed by atoms with E-state index in [1.807, 2.05) is 56.3 Å². The first-order chi connectivity index (χ1) is 20.2. The highest BCUT2D eigenvalue weighted by Gasteiger charge is 2.35. The molecule has 2 rings (SSSR count). The number of nitrogens with zero attached hydrogens (tertiary/aromatic N) is 1. The lowest BCUT2D eigenvalue weighted by atomic mass is 9.82. The predicted molar refractivity (Wildman–Crippen MR) is 166 cm³/mol. The zero-order chi connectivity index (χ0) is 30.7. The minimum atomic E-state index is -0.759. The number of allylic oxidation sites excluding steroid dienone is 1. The van der Waals surface area contributed by atoms with Crippen molar-refractivity contribution in [2.45, 2.75) is 111 Å². The van der Waals surface area contributed by atoms with Gasteiger partial charge in [0.1, 0.15) is 0 Å². The zero-order valence-electron chi connectivity index (χ0n) is 26.2. The molecule has 0 saturated carbocycles. The van der Waals surface area contributed by atoms with E-state index in [1.54, 1.807) is 6.92 Å². The molecule has 1 fully saturated rings. The van der Waals surface area contributed by atoms with Gasteiger partial charge in [-0.3, -0.25) is 24.8 Å². The fraction of sp³-hybridized carbons (Fsp3) is 0.667. The number of amides is 3. The highest BCUT2D eigenvalue weighted by atomic mass is 16.8. The van der Waals surface area contributed by atoms with Crippen molar-refractivity contribution in [3.05, 3.63) is 42.0 Å². The van der Waals surface area contributed by atoms with Crippen LogP contribution in [0.25, 0.3) is 6.08 Å². The first-order valence-corrected chi connectivity index (χ1v) is 15.9. The van der Waals surface area contributed by atoms with Gasteiger partial charge in [0.05, 0.1) is 17.9 Å². The van der Waals surface area contributed by atoms with E-state index in [-0.39, 0.29) is 23.6 Å². The van der Waals surface area contributed by atoms with E-state index in [0.717, 1.165) is 50.5 Å². The van der Waals surface area contributed by atoms with Crippen LogP contribution in [-0.2, 0) is 24.0 Å². The fourth-order valence-corrected chi connectivity index (χ4v) is 5.07. The number of nitrogens with one attached hydrogen (secondary N) is 2. The van der Waals surface area contributed by atoms with Crippen molar-refractivity contribution >= 4 is 23.8 Å². The molecule has 1 aliphatic heterocycles. The Kier molecular flexibility index (Phi) is 17.1. The minimum Gasteiger partial charge on any atom is -0.350 e. The lowest BCUT2D eigenvalue weighted by molar-refractivity contribution is -0.203. The Balaban J connectivity index is 2.21. The van der Waals surface area contributed by atoms with Crippen molar-refractivity contribution in [1.29, 1.82) is 0 Å². The van der Waals surface area contributed by atoms with E-state index in [1.165, 1.54) is 11.4 Å². The van der Waals surface area contributed by atoms with Crippen molar-refractivity contribution in [3.8, 4) is 0 Å². The Morgan fingerprint density at radius 3 is 2.38 bits per heavy atom. The van der Waals surface area contributed by atoms with Crippen molar-refractivity contribution in [3.63, 3.8) is 0 Å². The highest BCUT2D eigenvalue weighted by molar-refractivity contribution is 5.89. The van der Waals surface area contributed by atoms with Crippen LogP contribution < -0.4 is 16.6 Å². The van der Waals surface area contributed by atoms with Crippen LogP contribution in [-0.4, -0.2) is 48.2 Å². The van der Waals surface area contributed by atoms with Gasteiger partial charge in [0.25, 0.3) is 5.91 Å². The summed E-state index contributed by atoms with van der Waals surface area (Å²) in [4.78, 5) is 46.0. The summed E-state index contributed by atoms with van der Waals surface area (Å²) in [5, 5.41) is 1.35. The summed E-state index contributed by atoms with van der Waals surface area (Å²) in [5.74, 6) is -2.39. The number of hydrazine groups is 1. The van der Waals surface area contributed by atoms with Crippen molar-refractivity contribution in [2.24, 2.45) is 23.5 Å². The van der Waals surface area contributed by atoms with Gasteiger partial charge >= 0.3 is 0 Å². The molecule has 1 unspecified atom stereocenters. The van der Waals surface area contributed by atoms with Gasteiger partial charge in [-0.05, 0) is 50.5 Å². The van der Waals surface area contributed by atoms with Gasteiger partial charge in [-0.15, -0.1) is 0 Å². The summed E-state index contributed by atoms with van der Waals surface area (Å²) in [5.41, 5.74) is 12.4. The van der Waals surface area contributed by atoms with E-state index in [2.05, 4.69) is 17.8 Å². The molecule has 4 N–H and O–H groups in total. The average molecular weight is 587 g/mol. The van der Waals surface area contributed by atoms with Crippen LogP contribution in [0.15, 0.2) is 36.4 Å². The third kappa shape index (κ3) is 13.5. The molecule has 1 aliphatic rings. The zero-order valence-corrected chi connectivity index (χ0v) is 26.2. The van der Waals surface area contributed by atoms with Crippen LogP contribution >= 0.6 is 0 Å². The molecular weight excluding hydrogens is 532 g/mol. The van der Waals surface area contributed by atoms with E-state index in [4.69, 9.17) is 15.3 Å². The number of benzene rings is 1. The standard InChI is InChI=1S/C33H54N4O5/c1-5-6-7-8-9-14-22-37(33(40)26(4)34)35-31(38)29(24-25(2)3)28(20-16-19-27-17-11-10-12-18-27)32(39)36-42-30-21-13-15-23-41-30/h10-12,16-19,25-26,28-30H,5-9,13-15,20-24,34H2,1-4H3,(H,35,38)(H,36,39)/t26-,28+,29-,30?/m1/s1. The molecule has 1 heterocycles. The molecule has 42 heavy (non-hydrogen) atoms. The van der Waals surface area contributed by atoms with E-state index in [0.29, 0.717) is 32.4 Å². The van der Waals surface area contributed by atoms with Gasteiger partial charge in [0.15, 0.2) is 6.29 Å². The summed E-state index contributed by atoms with van der Waals surface area (Å²) < 4.78 is 5.60. The van der Waals surface area contributed by atoms with Gasteiger partial charge < -0.3 is 10.5 Å². The summed E-state index contributed by atoms with van der Waals surface area (Å²) in [6.45, 7) is 8.78. The number of nitrogens with two attached hydrogens (primary N) is 1. The molecule has 4 atom stereocenters. The van der Waals surface area contributed by atoms with Crippen LogP contribution in [0.4, 0.5) is 0 Å². The summed E-state index contributed by atoms with van der Waals surface area (Å²) in [7, 11) is 0. The van der Waals surface area contributed by atoms with E-state index in [9.17, 15) is 14.4 Å². The van der Waals surface area contributed by atoms with Crippen molar-refractivity contribution < 1.29 is 24.0 Å². The molecule has 1 aromatic carbocycles. The van der Waals surface area contributed by atoms with Gasteiger partial charge in [0.2, 0.25) is 11.8 Å². The maximum absolute atomic E-state index is 13.9. The van der Waals surface area contributed by atoms with Gasteiger partial charge in [-0.1, -0.05) is 95.4 Å². The Labute approximate surface area is 252 Å². The number of hydrogen-bond acceptors (Lipinski definition) is 6. The average Bonchev–Trinajstić information content (AvgIpc) is 2.98. The lowest BCUT2D eigenvalue weighted by Gasteiger charge is -2.31. The molecule has 1 aromatic rings. The largest absolute Gasteiger partial charge is 0.350 e. The summed E-state index contributed by atoms with van der Waals surface area (Å²) in [6.07, 6.45) is 13.1. The first kappa shape index (κ1) is 35.4. The van der Waals surface area contributed by atoms with Gasteiger partial charge in [-0.25, -0.2) is 10.3 Å². The molecule has 0 spiro atoms. The number of ether oxygens (including phenoxy) is 1. The second-order valence-electron chi connectivity index (χ2n) is 11.8. The number of hydrogen-bond donors (Lipinski definition) is 3. The third-order valence-corrected chi connectivity index (χ3v) is 7.45. The predicted octanol–water partition coefficient (Wildman–Crippen LogP) is 5.51. The van der Waals surface area contributed by atoms with Crippen LogP contribution in [0.1, 0.15) is 104 Å². The van der Waals surface area contributed by atoms with Crippen molar-refractivity contribution in [1.82, 2.24) is 15.9 Å². The molecule has 3 amide bonds. The lowest BCUT2D eigenvalue weighted by Crippen LogP contribution is -2.55. The molecule has 9 heteroatoms. The van der Waals surface area contributed by atoms with Crippen LogP contribution in [0.5, 0.6) is 0 Å². The van der Waals surface area contributed by atoms with E-state index >= 15 is 0 Å². The monoisotopic (exact) mass is 586 g/mol. The summed E-state index contributed by atoms with van der Waals surface area (Å²) >= 11 is 0. The molecule has 0 aliphatic carbocycles. The third-order valence-electron chi connectivity index (χ3n) is 7.45. The first-order valence-electron chi connectivity index (χ1n) is 15.9. The second kappa shape index (κ2) is 20.2. The molecule has 236 valence electrons. The van der Waals surface area contributed by atoms with E-state index < -0.39 is 24.2 Å². The number of unbranched alkanes of at least 4 members (excludes halogenated alkanes) is 5. The van der Waals surface area contributed by atoms with Crippen LogP contribution in [0.3, 0.4) is 0 Å². The molecule has 9 nitrogen and oxygen atoms in total. The SMILES string of the molecule is CCCCCCCCN(NC(=O)[C@H](CC(C)C)[C@H](CC=Cc1ccccc1)C(=O)NOC1CCCCO1)C(=O)[C@@H](C)N. The highest BCUT2D eigenvalue weighted by Crippen LogP contribution is 2.26. The molecular formula is C33H54N4O5. The Morgan fingerprint density at radius 1 is 1.02 bits per heavy atom. The van der Waals surface area contributed by atoms with Crippen LogP contribution in [0.2, 0.25) is 0 Å². The van der Waals surface area contributed by atoms with Crippen molar-refractivity contribution in [2.75, 3.05) is 13.2 Å². The smallest absolute Gasteiger partial charge is 0.257 e. The number of carbonyl (C=O) groups is 3. The Hall–Kier alpha value is -2.75.